The Labute approximate surface area is 122 Å². The molecule has 0 bridgehead atoms. The summed E-state index contributed by atoms with van der Waals surface area (Å²) in [4.78, 5) is 11.4. The molecule has 1 amide bonds. The number of amides is 1. The summed E-state index contributed by atoms with van der Waals surface area (Å²) in [6.07, 6.45) is 1.27. The first-order valence-electron chi connectivity index (χ1n) is 6.34. The van der Waals surface area contributed by atoms with E-state index in [9.17, 15) is 13.2 Å². The number of rotatable bonds is 4. The molecular weight excluding hydrogens is 302 g/mol. The van der Waals surface area contributed by atoms with Crippen molar-refractivity contribution < 1.29 is 17.9 Å². The number of ether oxygens (including phenoxy) is 1. The average Bonchev–Trinajstić information content (AvgIpc) is 2.30. The summed E-state index contributed by atoms with van der Waals surface area (Å²) < 4.78 is 29.2. The van der Waals surface area contributed by atoms with Gasteiger partial charge in [0.25, 0.3) is 0 Å². The fourth-order valence-corrected chi connectivity index (χ4v) is 4.61. The van der Waals surface area contributed by atoms with E-state index < -0.39 is 20.7 Å². The molecule has 1 saturated carbocycles. The van der Waals surface area contributed by atoms with E-state index >= 15 is 0 Å². The second-order valence-corrected chi connectivity index (χ2v) is 7.69. The van der Waals surface area contributed by atoms with Crippen LogP contribution in [0.15, 0.2) is 30.3 Å². The maximum absolute atomic E-state index is 11.4. The molecule has 0 atom stereocenters. The second-order valence-electron chi connectivity index (χ2n) is 5.33. The van der Waals surface area contributed by atoms with Crippen LogP contribution in [0.25, 0.3) is 0 Å². The molecule has 7 heteroatoms. The van der Waals surface area contributed by atoms with Crippen LogP contribution in [-0.2, 0) is 25.4 Å². The van der Waals surface area contributed by atoms with Crippen LogP contribution in [0.1, 0.15) is 24.8 Å². The van der Waals surface area contributed by atoms with Crippen molar-refractivity contribution in [2.24, 2.45) is 0 Å². The number of β-lactam (4-membered cyclic amide) rings is 1. The Balaban J connectivity index is 1.55. The van der Waals surface area contributed by atoms with Crippen LogP contribution < -0.4 is 0 Å². The second kappa shape index (κ2) is 4.72. The molecule has 2 fully saturated rings. The number of hydrogen-bond donors (Lipinski definition) is 0. The van der Waals surface area contributed by atoms with Gasteiger partial charge < -0.3 is 4.74 Å². The third-order valence-corrected chi connectivity index (χ3v) is 5.34. The summed E-state index contributed by atoms with van der Waals surface area (Å²) in [7, 11) is 1.31. The minimum Gasteiger partial charge on any atom is -0.373 e. The monoisotopic (exact) mass is 315 g/mol. The van der Waals surface area contributed by atoms with Gasteiger partial charge in [-0.25, -0.2) is 4.31 Å². The smallest absolute Gasteiger partial charge is 0.324 e. The van der Waals surface area contributed by atoms with E-state index in [0.29, 0.717) is 19.4 Å². The van der Waals surface area contributed by atoms with Gasteiger partial charge in [0.2, 0.25) is 5.91 Å². The Morgan fingerprint density at radius 3 is 2.50 bits per heavy atom. The fourth-order valence-electron chi connectivity index (χ4n) is 2.96. The molecule has 1 aliphatic carbocycles. The van der Waals surface area contributed by atoms with Gasteiger partial charge in [0, 0.05) is 10.7 Å². The lowest BCUT2D eigenvalue weighted by atomic mass is 9.67. The normalized spacial score (nSPS) is 29.1. The molecule has 0 aromatic heterocycles. The van der Waals surface area contributed by atoms with E-state index in [0.717, 1.165) is 9.87 Å². The van der Waals surface area contributed by atoms with Gasteiger partial charge >= 0.3 is 9.24 Å². The topological polar surface area (TPSA) is 63.7 Å². The number of benzene rings is 1. The van der Waals surface area contributed by atoms with E-state index in [1.54, 1.807) is 0 Å². The fraction of sp³-hybridized carbons (Fsp3) is 0.462. The lowest BCUT2D eigenvalue weighted by Crippen LogP contribution is -2.71. The summed E-state index contributed by atoms with van der Waals surface area (Å²) in [5.74, 6) is -0.429. The molecule has 1 aliphatic heterocycles. The third kappa shape index (κ3) is 2.32. The first kappa shape index (κ1) is 13.9. The highest BCUT2D eigenvalue weighted by Gasteiger charge is 2.63. The zero-order valence-electron chi connectivity index (χ0n) is 10.7. The molecule has 1 aromatic carbocycles. The molecule has 1 aromatic rings. The van der Waals surface area contributed by atoms with Crippen molar-refractivity contribution in [1.82, 2.24) is 4.31 Å². The quantitative estimate of drug-likeness (QED) is 0.628. The number of hydrogen-bond acceptors (Lipinski definition) is 4. The summed E-state index contributed by atoms with van der Waals surface area (Å²) in [6.45, 7) is 0.489. The maximum atomic E-state index is 11.4. The van der Waals surface area contributed by atoms with Crippen LogP contribution in [0.2, 0.25) is 0 Å². The highest BCUT2D eigenvalue weighted by molar-refractivity contribution is 8.12. The summed E-state index contributed by atoms with van der Waals surface area (Å²) in [5, 5.41) is 0. The van der Waals surface area contributed by atoms with Crippen LogP contribution in [0.5, 0.6) is 0 Å². The lowest BCUT2D eigenvalue weighted by Gasteiger charge is -2.57. The van der Waals surface area contributed by atoms with Crippen molar-refractivity contribution in [3.05, 3.63) is 35.9 Å². The summed E-state index contributed by atoms with van der Waals surface area (Å²) in [6, 6.07) is 9.75. The average molecular weight is 316 g/mol. The molecule has 3 rings (SSSR count). The Bertz CT molecular complexity index is 625. The Morgan fingerprint density at radius 2 is 1.95 bits per heavy atom. The van der Waals surface area contributed by atoms with Gasteiger partial charge in [-0.1, -0.05) is 30.3 Å². The van der Waals surface area contributed by atoms with E-state index in [4.69, 9.17) is 15.4 Å². The molecule has 0 N–H and O–H groups in total. The van der Waals surface area contributed by atoms with E-state index in [1.165, 1.54) is 0 Å². The first-order chi connectivity index (χ1) is 9.41. The van der Waals surface area contributed by atoms with Gasteiger partial charge in [-0.15, -0.1) is 0 Å². The zero-order chi connectivity index (χ0) is 14.4. The van der Waals surface area contributed by atoms with Crippen molar-refractivity contribution >= 4 is 25.8 Å². The van der Waals surface area contributed by atoms with E-state index in [-0.39, 0.29) is 12.5 Å². The predicted molar refractivity (Wildman–Crippen MR) is 73.2 cm³/mol. The minimum absolute atomic E-state index is 0.0239. The van der Waals surface area contributed by atoms with E-state index in [2.05, 4.69) is 0 Å². The van der Waals surface area contributed by atoms with Crippen molar-refractivity contribution in [2.45, 2.75) is 37.5 Å². The molecule has 1 saturated heterocycles. The van der Waals surface area contributed by atoms with Gasteiger partial charge in [-0.05, 0) is 18.4 Å². The number of nitrogens with zero attached hydrogens (tertiary/aromatic N) is 1. The zero-order valence-corrected chi connectivity index (χ0v) is 12.2. The standard InChI is InChI=1S/C13H14ClNO4S/c14-20(17,18)15-12(16)8-13(15)6-11(7-13)19-9-10-4-2-1-3-5-10/h1-5,11H,6-9H2. The first-order valence-corrected chi connectivity index (χ1v) is 8.61. The summed E-state index contributed by atoms with van der Waals surface area (Å²) in [5.41, 5.74) is 0.443. The number of carbonyl (C=O) groups is 1. The highest BCUT2D eigenvalue weighted by atomic mass is 35.7. The summed E-state index contributed by atoms with van der Waals surface area (Å²) >= 11 is 0. The Hall–Kier alpha value is -1.11. The van der Waals surface area contributed by atoms with Crippen molar-refractivity contribution in [1.29, 1.82) is 0 Å². The minimum atomic E-state index is -3.97. The predicted octanol–water partition coefficient (Wildman–Crippen LogP) is 1.82. The van der Waals surface area contributed by atoms with Crippen molar-refractivity contribution in [2.75, 3.05) is 0 Å². The molecule has 108 valence electrons. The van der Waals surface area contributed by atoms with Crippen LogP contribution in [0, 0.1) is 0 Å². The van der Waals surface area contributed by atoms with Crippen molar-refractivity contribution in [3.8, 4) is 0 Å². The van der Waals surface area contributed by atoms with E-state index in [1.807, 2.05) is 30.3 Å². The molecule has 0 unspecified atom stereocenters. The van der Waals surface area contributed by atoms with Crippen molar-refractivity contribution in [3.63, 3.8) is 0 Å². The van der Waals surface area contributed by atoms with Gasteiger partial charge in [-0.2, -0.15) is 8.42 Å². The molecule has 1 spiro atoms. The SMILES string of the molecule is O=C1CC2(CC(OCc3ccccc3)C2)N1S(=O)(=O)Cl. The van der Waals surface area contributed by atoms with Gasteiger partial charge in [0.05, 0.1) is 24.7 Å². The van der Waals surface area contributed by atoms with Gasteiger partial charge in [-0.3, -0.25) is 4.79 Å². The third-order valence-electron chi connectivity index (χ3n) is 3.90. The Morgan fingerprint density at radius 1 is 1.30 bits per heavy atom. The van der Waals surface area contributed by atoms with Crippen LogP contribution in [0.4, 0.5) is 0 Å². The molecule has 2 aliphatic rings. The molecule has 20 heavy (non-hydrogen) atoms. The van der Waals surface area contributed by atoms with Crippen LogP contribution in [0.3, 0.4) is 0 Å². The maximum Gasteiger partial charge on any atom is 0.324 e. The number of carbonyl (C=O) groups excluding carboxylic acids is 1. The molecular formula is C13H14ClNO4S. The number of halogens is 1. The van der Waals surface area contributed by atoms with Crippen LogP contribution in [-0.4, -0.2) is 30.3 Å². The van der Waals surface area contributed by atoms with Gasteiger partial charge in [0.15, 0.2) is 0 Å². The Kier molecular flexibility index (Phi) is 3.27. The molecule has 1 heterocycles. The molecule has 0 radical (unpaired) electrons. The highest BCUT2D eigenvalue weighted by Crippen LogP contribution is 2.51. The lowest BCUT2D eigenvalue weighted by molar-refractivity contribution is -0.168. The van der Waals surface area contributed by atoms with Gasteiger partial charge in [0.1, 0.15) is 0 Å². The van der Waals surface area contributed by atoms with Crippen LogP contribution >= 0.6 is 10.7 Å². The largest absolute Gasteiger partial charge is 0.373 e. The molecule has 5 nitrogen and oxygen atoms in total.